The zero-order valence-corrected chi connectivity index (χ0v) is 14.9. The van der Waals surface area contributed by atoms with E-state index in [-0.39, 0.29) is 17.1 Å². The first kappa shape index (κ1) is 17.6. The maximum Gasteiger partial charge on any atom is 0.273 e. The molecule has 2 aromatic carbocycles. The molecule has 0 aliphatic rings. The minimum Gasteiger partial charge on any atom is -0.337 e. The van der Waals surface area contributed by atoms with Crippen LogP contribution in [0.1, 0.15) is 27.9 Å². The summed E-state index contributed by atoms with van der Waals surface area (Å²) in [6.07, 6.45) is 3.37. The zero-order valence-electron chi connectivity index (χ0n) is 14.9. The van der Waals surface area contributed by atoms with Crippen LogP contribution >= 0.6 is 0 Å². The molecular weight excluding hydrogens is 361 g/mol. The number of benzene rings is 2. The Labute approximate surface area is 158 Å². The van der Waals surface area contributed by atoms with Crippen LogP contribution in [0.15, 0.2) is 65.7 Å². The third-order valence-corrected chi connectivity index (χ3v) is 4.51. The van der Waals surface area contributed by atoms with Crippen LogP contribution in [0.2, 0.25) is 0 Å². The van der Waals surface area contributed by atoms with E-state index in [4.69, 9.17) is 0 Å². The first-order valence-corrected chi connectivity index (χ1v) is 8.55. The second kappa shape index (κ2) is 7.07. The summed E-state index contributed by atoms with van der Waals surface area (Å²) in [5.41, 5.74) is 0.389. The van der Waals surface area contributed by atoms with Crippen molar-refractivity contribution in [2.75, 3.05) is 0 Å². The summed E-state index contributed by atoms with van der Waals surface area (Å²) in [6.45, 7) is 0. The quantitative estimate of drug-likeness (QED) is 0.571. The number of imidazole rings is 1. The Hall–Kier alpha value is -3.81. The second-order valence-electron chi connectivity index (χ2n) is 6.30. The van der Waals surface area contributed by atoms with Crippen molar-refractivity contribution in [2.45, 2.75) is 6.04 Å². The van der Waals surface area contributed by atoms with Gasteiger partial charge in [-0.25, -0.2) is 14.5 Å². The summed E-state index contributed by atoms with van der Waals surface area (Å²) in [4.78, 5) is 29.3. The van der Waals surface area contributed by atoms with Crippen molar-refractivity contribution in [3.8, 4) is 0 Å². The number of hydrogen-bond acceptors (Lipinski definition) is 4. The summed E-state index contributed by atoms with van der Waals surface area (Å²) in [5.74, 6) is -0.277. The Morgan fingerprint density at radius 3 is 2.54 bits per heavy atom. The first-order valence-electron chi connectivity index (χ1n) is 8.55. The summed E-state index contributed by atoms with van der Waals surface area (Å²) >= 11 is 0. The van der Waals surface area contributed by atoms with Gasteiger partial charge < -0.3 is 9.88 Å². The molecule has 0 unspecified atom stereocenters. The average molecular weight is 377 g/mol. The lowest BCUT2D eigenvalue weighted by atomic mass is 10.0. The molecule has 28 heavy (non-hydrogen) atoms. The highest BCUT2D eigenvalue weighted by molar-refractivity contribution is 6.04. The van der Waals surface area contributed by atoms with E-state index in [2.05, 4.69) is 20.5 Å². The molecule has 1 atom stereocenters. The molecule has 8 heteroatoms. The number of aromatic nitrogens is 4. The smallest absolute Gasteiger partial charge is 0.273 e. The standard InChI is InChI=1S/C20H16FN5O2/c1-26-11-10-22-18(26)16(12-6-8-13(21)9-7-12)23-20(28)17-14-4-2-3-5-15(14)19(27)25-24-17/h2-11,16H,1H3,(H,23,28)(H,25,27)/t16-/m1/s1. The van der Waals surface area contributed by atoms with E-state index in [0.29, 0.717) is 22.2 Å². The topological polar surface area (TPSA) is 92.7 Å². The van der Waals surface area contributed by atoms with E-state index in [9.17, 15) is 14.0 Å². The van der Waals surface area contributed by atoms with Crippen LogP contribution < -0.4 is 10.9 Å². The number of fused-ring (bicyclic) bond motifs is 1. The molecule has 7 nitrogen and oxygen atoms in total. The van der Waals surface area contributed by atoms with Crippen molar-refractivity contribution in [3.63, 3.8) is 0 Å². The van der Waals surface area contributed by atoms with E-state index >= 15 is 0 Å². The van der Waals surface area contributed by atoms with Gasteiger partial charge in [0.1, 0.15) is 17.7 Å². The second-order valence-corrected chi connectivity index (χ2v) is 6.30. The Morgan fingerprint density at radius 2 is 1.86 bits per heavy atom. The van der Waals surface area contributed by atoms with Gasteiger partial charge in [0.05, 0.1) is 5.39 Å². The lowest BCUT2D eigenvalue weighted by Gasteiger charge is -2.19. The lowest BCUT2D eigenvalue weighted by Crippen LogP contribution is -2.32. The minimum absolute atomic E-state index is 0.0940. The summed E-state index contributed by atoms with van der Waals surface area (Å²) < 4.78 is 15.1. The number of nitrogens with one attached hydrogen (secondary N) is 2. The van der Waals surface area contributed by atoms with Gasteiger partial charge in [0.2, 0.25) is 0 Å². The number of rotatable bonds is 4. The molecule has 0 aliphatic carbocycles. The van der Waals surface area contributed by atoms with Crippen LogP contribution in [0.3, 0.4) is 0 Å². The highest BCUT2D eigenvalue weighted by atomic mass is 19.1. The molecule has 2 N–H and O–H groups in total. The van der Waals surface area contributed by atoms with Crippen molar-refractivity contribution in [1.82, 2.24) is 25.1 Å². The number of carbonyl (C=O) groups excluding carboxylic acids is 1. The largest absolute Gasteiger partial charge is 0.337 e. The molecule has 0 saturated heterocycles. The van der Waals surface area contributed by atoms with Crippen LogP contribution in [0.5, 0.6) is 0 Å². The summed E-state index contributed by atoms with van der Waals surface area (Å²) in [7, 11) is 1.80. The highest BCUT2D eigenvalue weighted by Gasteiger charge is 2.23. The van der Waals surface area contributed by atoms with Crippen LogP contribution in [-0.2, 0) is 7.05 Å². The van der Waals surface area contributed by atoms with Crippen LogP contribution in [-0.4, -0.2) is 25.7 Å². The fourth-order valence-electron chi connectivity index (χ4n) is 3.09. The molecule has 0 radical (unpaired) electrons. The van der Waals surface area contributed by atoms with Gasteiger partial charge in [0, 0.05) is 24.8 Å². The van der Waals surface area contributed by atoms with Gasteiger partial charge in [-0.1, -0.05) is 30.3 Å². The summed E-state index contributed by atoms with van der Waals surface area (Å²) in [6, 6.07) is 11.9. The van der Waals surface area contributed by atoms with Crippen LogP contribution in [0, 0.1) is 5.82 Å². The molecule has 140 valence electrons. The third-order valence-electron chi connectivity index (χ3n) is 4.51. The lowest BCUT2D eigenvalue weighted by molar-refractivity contribution is 0.0937. The van der Waals surface area contributed by atoms with Gasteiger partial charge in [0.25, 0.3) is 11.5 Å². The van der Waals surface area contributed by atoms with Gasteiger partial charge in [-0.05, 0) is 23.8 Å². The van der Waals surface area contributed by atoms with Crippen molar-refractivity contribution >= 4 is 16.7 Å². The number of amides is 1. The van der Waals surface area contributed by atoms with Gasteiger partial charge in [-0.3, -0.25) is 9.59 Å². The fraction of sp³-hybridized carbons (Fsp3) is 0.100. The van der Waals surface area contributed by atoms with Crippen molar-refractivity contribution in [1.29, 1.82) is 0 Å². The predicted molar refractivity (Wildman–Crippen MR) is 101 cm³/mol. The Kier molecular flexibility index (Phi) is 4.44. The molecule has 1 amide bonds. The normalized spacial score (nSPS) is 12.1. The predicted octanol–water partition coefficient (Wildman–Crippen LogP) is 2.32. The molecule has 0 saturated carbocycles. The van der Waals surface area contributed by atoms with E-state index < -0.39 is 11.9 Å². The Morgan fingerprint density at radius 1 is 1.14 bits per heavy atom. The van der Waals surface area contributed by atoms with Crippen LogP contribution in [0.25, 0.3) is 10.8 Å². The molecular formula is C20H16FN5O2. The number of aromatic amines is 1. The van der Waals surface area contributed by atoms with Crippen LogP contribution in [0.4, 0.5) is 4.39 Å². The van der Waals surface area contributed by atoms with E-state index in [1.54, 1.807) is 60.4 Å². The highest BCUT2D eigenvalue weighted by Crippen LogP contribution is 2.22. The van der Waals surface area contributed by atoms with Gasteiger partial charge in [-0.15, -0.1) is 0 Å². The monoisotopic (exact) mass is 377 g/mol. The summed E-state index contributed by atoms with van der Waals surface area (Å²) in [5, 5.41) is 10.0. The Bertz CT molecular complexity index is 1210. The van der Waals surface area contributed by atoms with Crippen molar-refractivity contribution < 1.29 is 9.18 Å². The molecule has 0 spiro atoms. The molecule has 0 fully saturated rings. The third kappa shape index (κ3) is 3.16. The SMILES string of the molecule is Cn1ccnc1[C@H](NC(=O)c1n[nH]c(=O)c2ccccc12)c1ccc(F)cc1. The van der Waals surface area contributed by atoms with Gasteiger partial charge >= 0.3 is 0 Å². The van der Waals surface area contributed by atoms with Gasteiger partial charge in [-0.2, -0.15) is 5.10 Å². The Balaban J connectivity index is 1.76. The number of carbonyl (C=O) groups is 1. The molecule has 0 aliphatic heterocycles. The fourth-order valence-corrected chi connectivity index (χ4v) is 3.09. The molecule has 2 heterocycles. The number of halogens is 1. The zero-order chi connectivity index (χ0) is 19.7. The maximum atomic E-state index is 13.4. The molecule has 0 bridgehead atoms. The minimum atomic E-state index is -0.624. The van der Waals surface area contributed by atoms with Crippen molar-refractivity contribution in [2.24, 2.45) is 7.05 Å². The molecule has 4 aromatic rings. The number of hydrogen-bond donors (Lipinski definition) is 2. The molecule has 4 rings (SSSR count). The van der Waals surface area contributed by atoms with E-state index in [1.165, 1.54) is 12.1 Å². The van der Waals surface area contributed by atoms with E-state index in [1.807, 2.05) is 0 Å². The van der Waals surface area contributed by atoms with E-state index in [0.717, 1.165) is 0 Å². The van der Waals surface area contributed by atoms with Crippen molar-refractivity contribution in [3.05, 3.63) is 94.2 Å². The number of H-pyrrole nitrogens is 1. The average Bonchev–Trinajstić information content (AvgIpc) is 3.13. The van der Waals surface area contributed by atoms with Gasteiger partial charge in [0.15, 0.2) is 5.69 Å². The maximum absolute atomic E-state index is 13.4. The number of nitrogens with zero attached hydrogens (tertiary/aromatic N) is 3. The first-order chi connectivity index (χ1) is 13.5. The molecule has 2 aromatic heterocycles. The number of aryl methyl sites for hydroxylation is 1.